The number of benzene rings is 1. The molecule has 1 aromatic carbocycles. The van der Waals surface area contributed by atoms with Crippen molar-refractivity contribution in [3.63, 3.8) is 0 Å². The van der Waals surface area contributed by atoms with Crippen LogP contribution in [0.1, 0.15) is 30.7 Å². The summed E-state index contributed by atoms with van der Waals surface area (Å²) in [6.45, 7) is 4.17. The summed E-state index contributed by atoms with van der Waals surface area (Å²) in [6, 6.07) is 7.97. The van der Waals surface area contributed by atoms with Crippen molar-refractivity contribution in [3.8, 4) is 5.75 Å². The van der Waals surface area contributed by atoms with Gasteiger partial charge in [-0.25, -0.2) is 0 Å². The van der Waals surface area contributed by atoms with E-state index >= 15 is 0 Å². The highest BCUT2D eigenvalue weighted by molar-refractivity contribution is 6.21. The third kappa shape index (κ3) is 4.97. The third-order valence-corrected chi connectivity index (χ3v) is 3.21. The zero-order valence-electron chi connectivity index (χ0n) is 10.9. The highest BCUT2D eigenvalue weighted by Gasteiger charge is 2.11. The van der Waals surface area contributed by atoms with Crippen LogP contribution in [0.15, 0.2) is 24.3 Å². The minimum absolute atomic E-state index is 0.0203. The van der Waals surface area contributed by atoms with E-state index in [1.807, 2.05) is 24.3 Å². The second kappa shape index (κ2) is 7.57. The first-order valence-corrected chi connectivity index (χ1v) is 6.57. The van der Waals surface area contributed by atoms with Gasteiger partial charge in [-0.1, -0.05) is 25.5 Å². The molecule has 0 bridgehead atoms. The summed E-state index contributed by atoms with van der Waals surface area (Å²) in [7, 11) is 3.79. The zero-order valence-corrected chi connectivity index (χ0v) is 11.7. The van der Waals surface area contributed by atoms with Gasteiger partial charge in [-0.2, -0.15) is 0 Å². The van der Waals surface area contributed by atoms with E-state index in [9.17, 15) is 0 Å². The highest BCUT2D eigenvalue weighted by Crippen LogP contribution is 2.24. The van der Waals surface area contributed by atoms with Gasteiger partial charge in [0.15, 0.2) is 0 Å². The molecule has 1 aromatic rings. The number of methoxy groups -OCH3 is 1. The molecule has 0 radical (unpaired) electrons. The van der Waals surface area contributed by atoms with E-state index in [-0.39, 0.29) is 5.38 Å². The molecule has 0 aliphatic heterocycles. The van der Waals surface area contributed by atoms with Crippen LogP contribution in [0.4, 0.5) is 0 Å². The molecule has 0 heterocycles. The molecule has 1 atom stereocenters. The minimum atomic E-state index is 0.0203. The van der Waals surface area contributed by atoms with Crippen LogP contribution in [0.25, 0.3) is 0 Å². The fourth-order valence-electron chi connectivity index (χ4n) is 1.73. The van der Waals surface area contributed by atoms with Crippen molar-refractivity contribution in [1.29, 1.82) is 0 Å². The van der Waals surface area contributed by atoms with Crippen molar-refractivity contribution < 1.29 is 4.74 Å². The Bertz CT molecular complexity index is 330. The maximum Gasteiger partial charge on any atom is 0.119 e. The lowest BCUT2D eigenvalue weighted by Crippen LogP contribution is -2.23. The average molecular weight is 256 g/mol. The van der Waals surface area contributed by atoms with Crippen LogP contribution in [0.3, 0.4) is 0 Å². The average Bonchev–Trinajstić information content (AvgIpc) is 2.36. The summed E-state index contributed by atoms with van der Waals surface area (Å²) >= 11 is 6.41. The molecule has 1 unspecified atom stereocenters. The molecular formula is C14H22ClNO. The number of rotatable bonds is 7. The number of alkyl halides is 1. The van der Waals surface area contributed by atoms with Gasteiger partial charge < -0.3 is 9.64 Å². The fraction of sp³-hybridized carbons (Fsp3) is 0.571. The van der Waals surface area contributed by atoms with Gasteiger partial charge in [0.2, 0.25) is 0 Å². The van der Waals surface area contributed by atoms with E-state index < -0.39 is 0 Å². The van der Waals surface area contributed by atoms with Crippen molar-refractivity contribution in [1.82, 2.24) is 4.90 Å². The second-order valence-electron chi connectivity index (χ2n) is 4.36. The first kappa shape index (κ1) is 14.3. The van der Waals surface area contributed by atoms with E-state index in [1.54, 1.807) is 7.11 Å². The molecule has 96 valence electrons. The lowest BCUT2D eigenvalue weighted by atomic mass is 10.1. The predicted molar refractivity (Wildman–Crippen MR) is 74.0 cm³/mol. The normalized spacial score (nSPS) is 12.8. The van der Waals surface area contributed by atoms with Crippen molar-refractivity contribution in [2.45, 2.75) is 25.1 Å². The molecule has 0 saturated heterocycles. The Hall–Kier alpha value is -0.730. The molecular weight excluding hydrogens is 234 g/mol. The van der Waals surface area contributed by atoms with Gasteiger partial charge in [-0.05, 0) is 37.7 Å². The Morgan fingerprint density at radius 3 is 2.82 bits per heavy atom. The largest absolute Gasteiger partial charge is 0.497 e. The Morgan fingerprint density at radius 2 is 2.18 bits per heavy atom. The van der Waals surface area contributed by atoms with E-state index in [1.165, 1.54) is 12.8 Å². The summed E-state index contributed by atoms with van der Waals surface area (Å²) in [6.07, 6.45) is 2.44. The lowest BCUT2D eigenvalue weighted by Gasteiger charge is -2.20. The standard InChI is InChI=1S/C14H22ClNO/c1-4-5-9-16(2)11-14(15)12-7-6-8-13(10-12)17-3/h6-8,10,14H,4-5,9,11H2,1-3H3. The Morgan fingerprint density at radius 1 is 1.41 bits per heavy atom. The monoisotopic (exact) mass is 255 g/mol. The van der Waals surface area contributed by atoms with Gasteiger partial charge in [0.1, 0.15) is 5.75 Å². The van der Waals surface area contributed by atoms with Gasteiger partial charge in [-0.15, -0.1) is 11.6 Å². The third-order valence-electron chi connectivity index (χ3n) is 2.82. The van der Waals surface area contributed by atoms with E-state index in [4.69, 9.17) is 16.3 Å². The summed E-state index contributed by atoms with van der Waals surface area (Å²) in [5.41, 5.74) is 1.12. The van der Waals surface area contributed by atoms with Crippen LogP contribution in [0, 0.1) is 0 Å². The summed E-state index contributed by atoms with van der Waals surface area (Å²) in [5.74, 6) is 0.865. The van der Waals surface area contributed by atoms with Gasteiger partial charge in [-0.3, -0.25) is 0 Å². The number of halogens is 1. The quantitative estimate of drug-likeness (QED) is 0.689. The van der Waals surface area contributed by atoms with Gasteiger partial charge >= 0.3 is 0 Å². The smallest absolute Gasteiger partial charge is 0.119 e. The molecule has 0 aliphatic rings. The molecule has 1 rings (SSSR count). The molecule has 0 amide bonds. The lowest BCUT2D eigenvalue weighted by molar-refractivity contribution is 0.328. The van der Waals surface area contributed by atoms with Gasteiger partial charge in [0.05, 0.1) is 12.5 Å². The van der Waals surface area contributed by atoms with Crippen molar-refractivity contribution in [2.24, 2.45) is 0 Å². The SMILES string of the molecule is CCCCN(C)CC(Cl)c1cccc(OC)c1. The Balaban J connectivity index is 2.53. The number of likely N-dealkylation sites (N-methyl/N-ethyl adjacent to an activating group) is 1. The number of unbranched alkanes of at least 4 members (excludes halogenated alkanes) is 1. The number of hydrogen-bond donors (Lipinski definition) is 0. The summed E-state index contributed by atoms with van der Waals surface area (Å²) in [4.78, 5) is 2.28. The molecule has 17 heavy (non-hydrogen) atoms. The zero-order chi connectivity index (χ0) is 12.7. The maximum absolute atomic E-state index is 6.41. The summed E-state index contributed by atoms with van der Waals surface area (Å²) < 4.78 is 5.20. The molecule has 0 aliphatic carbocycles. The number of nitrogens with zero attached hydrogens (tertiary/aromatic N) is 1. The van der Waals surface area contributed by atoms with Crippen molar-refractivity contribution >= 4 is 11.6 Å². The van der Waals surface area contributed by atoms with Crippen LogP contribution < -0.4 is 4.74 Å². The first-order chi connectivity index (χ1) is 8.17. The van der Waals surface area contributed by atoms with Gasteiger partial charge in [0.25, 0.3) is 0 Å². The van der Waals surface area contributed by atoms with Crippen LogP contribution in [0.5, 0.6) is 5.75 Å². The number of hydrogen-bond acceptors (Lipinski definition) is 2. The van der Waals surface area contributed by atoms with Crippen LogP contribution in [0.2, 0.25) is 0 Å². The fourth-order valence-corrected chi connectivity index (χ4v) is 2.11. The molecule has 0 aromatic heterocycles. The van der Waals surface area contributed by atoms with E-state index in [2.05, 4.69) is 18.9 Å². The molecule has 0 spiro atoms. The molecule has 2 nitrogen and oxygen atoms in total. The minimum Gasteiger partial charge on any atom is -0.497 e. The summed E-state index contributed by atoms with van der Waals surface area (Å²) in [5, 5.41) is 0.0203. The second-order valence-corrected chi connectivity index (χ2v) is 4.89. The van der Waals surface area contributed by atoms with Crippen LogP contribution >= 0.6 is 11.6 Å². The van der Waals surface area contributed by atoms with Crippen molar-refractivity contribution in [3.05, 3.63) is 29.8 Å². The maximum atomic E-state index is 6.41. The van der Waals surface area contributed by atoms with Crippen LogP contribution in [-0.4, -0.2) is 32.1 Å². The highest BCUT2D eigenvalue weighted by atomic mass is 35.5. The van der Waals surface area contributed by atoms with Crippen molar-refractivity contribution in [2.75, 3.05) is 27.2 Å². The molecule has 0 N–H and O–H groups in total. The topological polar surface area (TPSA) is 12.5 Å². The molecule has 3 heteroatoms. The Kier molecular flexibility index (Phi) is 6.38. The Labute approximate surface area is 110 Å². The van der Waals surface area contributed by atoms with E-state index in [0.29, 0.717) is 0 Å². The molecule has 0 fully saturated rings. The predicted octanol–water partition coefficient (Wildman–Crippen LogP) is 3.71. The number of ether oxygens (including phenoxy) is 1. The first-order valence-electron chi connectivity index (χ1n) is 6.14. The molecule has 0 saturated carbocycles. The van der Waals surface area contributed by atoms with Crippen LogP contribution in [-0.2, 0) is 0 Å². The van der Waals surface area contributed by atoms with Gasteiger partial charge in [0, 0.05) is 6.54 Å². The van der Waals surface area contributed by atoms with E-state index in [0.717, 1.165) is 24.4 Å².